The molecule has 0 amide bonds. The molecule has 0 aliphatic carbocycles. The van der Waals surface area contributed by atoms with Crippen molar-refractivity contribution in [2.24, 2.45) is 11.7 Å². The van der Waals surface area contributed by atoms with Crippen molar-refractivity contribution in [1.29, 1.82) is 5.26 Å². The average Bonchev–Trinajstić information content (AvgIpc) is 3.08. The van der Waals surface area contributed by atoms with Crippen LogP contribution in [0.25, 0.3) is 0 Å². The molecule has 0 radical (unpaired) electrons. The Morgan fingerprint density at radius 1 is 0.891 bits per heavy atom. The van der Waals surface area contributed by atoms with E-state index in [1.165, 1.54) is 0 Å². The quantitative estimate of drug-likeness (QED) is 0.128. The number of nitrogens with zero attached hydrogens (tertiary/aromatic N) is 1. The summed E-state index contributed by atoms with van der Waals surface area (Å²) >= 11 is 0. The molecule has 0 spiro atoms. The molecule has 0 saturated heterocycles. The summed E-state index contributed by atoms with van der Waals surface area (Å²) in [5, 5.41) is 11.2. The first-order chi connectivity index (χ1) is 22.4. The molecule has 2 N–H and O–H groups in total. The van der Waals surface area contributed by atoms with Gasteiger partial charge >= 0.3 is 0 Å². The summed E-state index contributed by atoms with van der Waals surface area (Å²) in [6.45, 7) is 10.2. The van der Waals surface area contributed by atoms with Gasteiger partial charge in [-0.15, -0.1) is 0 Å². The highest BCUT2D eigenvalue weighted by atomic mass is 16.6. The fourth-order valence-electron chi connectivity index (χ4n) is 6.65. The molecule has 3 atom stereocenters. The van der Waals surface area contributed by atoms with Crippen LogP contribution in [-0.4, -0.2) is 46.2 Å². The van der Waals surface area contributed by atoms with Crippen LogP contribution in [0.4, 0.5) is 0 Å². The second-order valence-electron chi connectivity index (χ2n) is 12.4. The Kier molecular flexibility index (Phi) is 15.6. The van der Waals surface area contributed by atoms with Crippen LogP contribution >= 0.6 is 0 Å². The van der Waals surface area contributed by atoms with E-state index >= 15 is 0 Å². The van der Waals surface area contributed by atoms with Gasteiger partial charge in [0.1, 0.15) is 12.7 Å². The molecular formula is C38H58N2O6. The molecular weight excluding hydrogens is 580 g/mol. The second-order valence-corrected chi connectivity index (χ2v) is 12.4. The molecule has 3 rings (SSSR count). The molecule has 0 aromatic heterocycles. The van der Waals surface area contributed by atoms with Crippen molar-refractivity contribution in [3.05, 3.63) is 35.9 Å². The molecule has 2 aromatic rings. The van der Waals surface area contributed by atoms with Gasteiger partial charge in [0.05, 0.1) is 38.9 Å². The van der Waals surface area contributed by atoms with Gasteiger partial charge in [-0.3, -0.25) is 0 Å². The predicted octanol–water partition coefficient (Wildman–Crippen LogP) is 8.77. The summed E-state index contributed by atoms with van der Waals surface area (Å²) in [6, 6.07) is 12.5. The van der Waals surface area contributed by atoms with E-state index in [0.717, 1.165) is 81.3 Å². The molecule has 1 heterocycles. The van der Waals surface area contributed by atoms with E-state index in [9.17, 15) is 5.26 Å². The van der Waals surface area contributed by atoms with Crippen LogP contribution in [0.3, 0.4) is 0 Å². The first-order valence-corrected chi connectivity index (χ1v) is 17.5. The van der Waals surface area contributed by atoms with Gasteiger partial charge in [-0.05, 0) is 56.2 Å². The summed E-state index contributed by atoms with van der Waals surface area (Å²) in [5.74, 6) is 3.78. The number of hydrogen-bond acceptors (Lipinski definition) is 8. The van der Waals surface area contributed by atoms with Gasteiger partial charge in [0.25, 0.3) is 0 Å². The fourth-order valence-corrected chi connectivity index (χ4v) is 6.65. The highest BCUT2D eigenvalue weighted by Crippen LogP contribution is 2.54. The van der Waals surface area contributed by atoms with Crippen molar-refractivity contribution in [3.8, 4) is 40.6 Å². The summed E-state index contributed by atoms with van der Waals surface area (Å²) in [6.07, 6.45) is 10.6. The highest BCUT2D eigenvalue weighted by molar-refractivity contribution is 5.66. The number of para-hydroxylation sites is 2. The third kappa shape index (κ3) is 9.37. The zero-order valence-corrected chi connectivity index (χ0v) is 29.2. The number of fused-ring (bicyclic) bond motifs is 1. The van der Waals surface area contributed by atoms with Crippen LogP contribution in [-0.2, 0) is 5.41 Å². The minimum absolute atomic E-state index is 0.0874. The predicted molar refractivity (Wildman–Crippen MR) is 184 cm³/mol. The van der Waals surface area contributed by atoms with Gasteiger partial charge in [-0.1, -0.05) is 78.4 Å². The molecule has 0 fully saturated rings. The lowest BCUT2D eigenvalue weighted by Crippen LogP contribution is -2.37. The number of unbranched alkanes of at least 4 members (excludes halogenated alkanes) is 4. The zero-order valence-electron chi connectivity index (χ0n) is 29.2. The molecule has 8 nitrogen and oxygen atoms in total. The Morgan fingerprint density at radius 2 is 1.54 bits per heavy atom. The van der Waals surface area contributed by atoms with Crippen molar-refractivity contribution in [1.82, 2.24) is 0 Å². The summed E-state index contributed by atoms with van der Waals surface area (Å²) in [5.41, 5.74) is 6.66. The van der Waals surface area contributed by atoms with Crippen LogP contribution in [0.1, 0.15) is 110 Å². The maximum Gasteiger partial charge on any atom is 0.207 e. The maximum atomic E-state index is 11.2. The van der Waals surface area contributed by atoms with Crippen molar-refractivity contribution in [3.63, 3.8) is 0 Å². The van der Waals surface area contributed by atoms with Crippen LogP contribution in [0.5, 0.6) is 34.5 Å². The SMILES string of the molecule is CCCCCOc1cc(C(C#N)(CCCC(N)CC2COc3ccccc3O2)C(CC)CC)c(OCCCCC)c(OC)c1OC. The molecule has 2 aromatic carbocycles. The second kappa shape index (κ2) is 19.4. The molecule has 46 heavy (non-hydrogen) atoms. The van der Waals surface area contributed by atoms with Crippen molar-refractivity contribution in [2.75, 3.05) is 34.0 Å². The fraction of sp³-hybridized carbons (Fsp3) is 0.658. The highest BCUT2D eigenvalue weighted by Gasteiger charge is 2.43. The minimum atomic E-state index is -0.840. The number of nitriles is 1. The van der Waals surface area contributed by atoms with Crippen LogP contribution in [0.15, 0.2) is 30.3 Å². The van der Waals surface area contributed by atoms with E-state index in [-0.39, 0.29) is 18.1 Å². The molecule has 0 bridgehead atoms. The van der Waals surface area contributed by atoms with Gasteiger partial charge in [-0.2, -0.15) is 5.26 Å². The number of benzene rings is 2. The Balaban J connectivity index is 1.94. The standard InChI is InChI=1S/C38H58N2O6/c1-7-11-15-22-43-34-25-31(35(44-23-16-12-8-2)37(42-6)36(34)41-5)38(27-39,28(9-3)10-4)21-17-18-29(40)24-30-26-45-32-19-13-14-20-33(32)46-30/h13-14,19-20,25,28-30H,7-12,15-18,21-24,26,40H2,1-6H3. The Hall–Kier alpha value is -3.31. The number of rotatable bonds is 22. The monoisotopic (exact) mass is 638 g/mol. The van der Waals surface area contributed by atoms with Gasteiger partial charge in [0.2, 0.25) is 11.5 Å². The van der Waals surface area contributed by atoms with E-state index in [4.69, 9.17) is 34.2 Å². The van der Waals surface area contributed by atoms with E-state index in [2.05, 4.69) is 33.8 Å². The lowest BCUT2D eigenvalue weighted by molar-refractivity contribution is 0.0787. The molecule has 1 aliphatic heterocycles. The Morgan fingerprint density at radius 3 is 2.15 bits per heavy atom. The van der Waals surface area contributed by atoms with E-state index in [1.54, 1.807) is 14.2 Å². The molecule has 256 valence electrons. The van der Waals surface area contributed by atoms with Gasteiger partial charge in [-0.25, -0.2) is 0 Å². The average molecular weight is 639 g/mol. The van der Waals surface area contributed by atoms with Crippen LogP contribution < -0.4 is 34.2 Å². The van der Waals surface area contributed by atoms with E-state index in [0.29, 0.717) is 55.7 Å². The normalized spacial score (nSPS) is 15.9. The molecule has 1 aliphatic rings. The summed E-state index contributed by atoms with van der Waals surface area (Å²) < 4.78 is 36.8. The summed E-state index contributed by atoms with van der Waals surface area (Å²) in [7, 11) is 3.25. The van der Waals surface area contributed by atoms with Gasteiger partial charge < -0.3 is 34.2 Å². The van der Waals surface area contributed by atoms with Crippen molar-refractivity contribution in [2.45, 2.75) is 122 Å². The summed E-state index contributed by atoms with van der Waals surface area (Å²) in [4.78, 5) is 0. The first-order valence-electron chi connectivity index (χ1n) is 17.5. The number of methoxy groups -OCH3 is 2. The van der Waals surface area contributed by atoms with Crippen molar-refractivity contribution < 1.29 is 28.4 Å². The minimum Gasteiger partial charge on any atom is -0.490 e. The Bertz CT molecular complexity index is 1230. The smallest absolute Gasteiger partial charge is 0.207 e. The lowest BCUT2D eigenvalue weighted by atomic mass is 9.65. The van der Waals surface area contributed by atoms with E-state index < -0.39 is 5.41 Å². The molecule has 8 heteroatoms. The number of nitrogens with two attached hydrogens (primary N) is 1. The first kappa shape index (κ1) is 37.2. The van der Waals surface area contributed by atoms with Gasteiger partial charge in [0, 0.05) is 18.0 Å². The topological polar surface area (TPSA) is 105 Å². The largest absolute Gasteiger partial charge is 0.490 e. The zero-order chi connectivity index (χ0) is 33.4. The lowest BCUT2D eigenvalue weighted by Gasteiger charge is -2.37. The third-order valence-electron chi connectivity index (χ3n) is 9.21. The molecule has 3 unspecified atom stereocenters. The maximum absolute atomic E-state index is 11.2. The molecule has 0 saturated carbocycles. The third-order valence-corrected chi connectivity index (χ3v) is 9.21. The van der Waals surface area contributed by atoms with Crippen LogP contribution in [0.2, 0.25) is 0 Å². The van der Waals surface area contributed by atoms with E-state index in [1.807, 2.05) is 30.3 Å². The Labute approximate surface area is 277 Å². The number of ether oxygens (including phenoxy) is 6. The number of hydrogen-bond donors (Lipinski definition) is 1. The van der Waals surface area contributed by atoms with Crippen LogP contribution in [0, 0.1) is 17.2 Å². The van der Waals surface area contributed by atoms with Gasteiger partial charge in [0.15, 0.2) is 23.0 Å². The van der Waals surface area contributed by atoms with Crippen molar-refractivity contribution >= 4 is 0 Å².